The van der Waals surface area contributed by atoms with E-state index in [0.717, 1.165) is 22.2 Å². The van der Waals surface area contributed by atoms with Crippen molar-refractivity contribution in [2.75, 3.05) is 0 Å². The number of aromatic nitrogens is 1. The summed E-state index contributed by atoms with van der Waals surface area (Å²) >= 11 is 1.65. The van der Waals surface area contributed by atoms with Gasteiger partial charge in [0.05, 0.1) is 11.1 Å². The largest absolute Gasteiger partial charge is 0.478 e. The molecule has 0 aliphatic carbocycles. The summed E-state index contributed by atoms with van der Waals surface area (Å²) in [6.45, 7) is 0. The second-order valence-corrected chi connectivity index (χ2v) is 6.51. The normalized spacial score (nSPS) is 10.7. The van der Waals surface area contributed by atoms with E-state index >= 15 is 0 Å². The SMILES string of the molecule is N#Cc1cn(-c2ccc(C(=O)O)cc2)cc1-c1csc2ccccc12. The van der Waals surface area contributed by atoms with E-state index in [1.54, 1.807) is 41.8 Å². The highest BCUT2D eigenvalue weighted by Gasteiger charge is 2.14. The van der Waals surface area contributed by atoms with Crippen LogP contribution < -0.4 is 0 Å². The predicted octanol–water partition coefficient (Wildman–Crippen LogP) is 4.93. The average Bonchev–Trinajstić information content (AvgIpc) is 3.25. The van der Waals surface area contributed by atoms with Crippen LogP contribution >= 0.6 is 11.3 Å². The van der Waals surface area contributed by atoms with Gasteiger partial charge in [0.15, 0.2) is 0 Å². The molecule has 4 rings (SSSR count). The molecule has 0 spiro atoms. The third-order valence-electron chi connectivity index (χ3n) is 4.13. The van der Waals surface area contributed by atoms with Gasteiger partial charge in [-0.25, -0.2) is 4.79 Å². The summed E-state index contributed by atoms with van der Waals surface area (Å²) in [5.41, 5.74) is 3.55. The molecule has 2 aromatic heterocycles. The minimum Gasteiger partial charge on any atom is -0.478 e. The van der Waals surface area contributed by atoms with E-state index in [9.17, 15) is 10.1 Å². The van der Waals surface area contributed by atoms with E-state index in [2.05, 4.69) is 23.6 Å². The molecule has 120 valence electrons. The Morgan fingerprint density at radius 3 is 2.52 bits per heavy atom. The standard InChI is InChI=1S/C20H12N2O2S/c21-9-14-10-22(15-7-5-13(6-8-15)20(23)24)11-17(14)18-12-25-19-4-2-1-3-16(18)19/h1-8,10-12H,(H,23,24). The second-order valence-electron chi connectivity index (χ2n) is 5.60. The zero-order valence-corrected chi connectivity index (χ0v) is 13.8. The fraction of sp³-hybridized carbons (Fsp3) is 0. The van der Waals surface area contributed by atoms with Crippen LogP contribution in [0.25, 0.3) is 26.9 Å². The monoisotopic (exact) mass is 344 g/mol. The highest BCUT2D eigenvalue weighted by Crippen LogP contribution is 2.36. The quantitative estimate of drug-likeness (QED) is 0.573. The van der Waals surface area contributed by atoms with Crippen LogP contribution in [0.4, 0.5) is 0 Å². The van der Waals surface area contributed by atoms with Gasteiger partial charge in [-0.05, 0) is 35.7 Å². The van der Waals surface area contributed by atoms with Crippen molar-refractivity contribution < 1.29 is 9.90 Å². The number of aromatic carboxylic acids is 1. The molecule has 0 fully saturated rings. The molecule has 0 saturated carbocycles. The number of nitrogens with zero attached hydrogens (tertiary/aromatic N) is 2. The smallest absolute Gasteiger partial charge is 0.335 e. The Morgan fingerprint density at radius 1 is 1.04 bits per heavy atom. The third-order valence-corrected chi connectivity index (χ3v) is 5.09. The van der Waals surface area contributed by atoms with E-state index in [0.29, 0.717) is 5.56 Å². The number of hydrogen-bond donors (Lipinski definition) is 1. The maximum absolute atomic E-state index is 11.0. The van der Waals surface area contributed by atoms with E-state index in [1.165, 1.54) is 4.70 Å². The van der Waals surface area contributed by atoms with Crippen molar-refractivity contribution in [1.29, 1.82) is 5.26 Å². The second kappa shape index (κ2) is 5.93. The highest BCUT2D eigenvalue weighted by atomic mass is 32.1. The van der Waals surface area contributed by atoms with E-state index in [1.807, 2.05) is 22.9 Å². The molecule has 0 saturated heterocycles. The molecule has 1 N–H and O–H groups in total. The summed E-state index contributed by atoms with van der Waals surface area (Å²) in [6.07, 6.45) is 3.69. The highest BCUT2D eigenvalue weighted by molar-refractivity contribution is 7.17. The van der Waals surface area contributed by atoms with Crippen LogP contribution in [0.1, 0.15) is 15.9 Å². The van der Waals surface area contributed by atoms with Crippen molar-refractivity contribution in [2.24, 2.45) is 0 Å². The molecule has 4 aromatic rings. The Kier molecular flexibility index (Phi) is 3.60. The maximum atomic E-state index is 11.0. The Bertz CT molecular complexity index is 1130. The van der Waals surface area contributed by atoms with E-state index < -0.39 is 5.97 Å². The lowest BCUT2D eigenvalue weighted by Crippen LogP contribution is -1.97. The number of carbonyl (C=O) groups is 1. The lowest BCUT2D eigenvalue weighted by atomic mass is 10.0. The molecule has 0 aliphatic heterocycles. The number of fused-ring (bicyclic) bond motifs is 1. The summed E-state index contributed by atoms with van der Waals surface area (Å²) < 4.78 is 3.03. The first-order chi connectivity index (χ1) is 12.2. The molecule has 2 aromatic carbocycles. The van der Waals surface area contributed by atoms with Gasteiger partial charge >= 0.3 is 5.97 Å². The summed E-state index contributed by atoms with van der Waals surface area (Å²) in [6, 6.07) is 17.0. The number of nitriles is 1. The summed E-state index contributed by atoms with van der Waals surface area (Å²) in [5.74, 6) is -0.956. The van der Waals surface area contributed by atoms with Crippen LogP contribution in [-0.4, -0.2) is 15.6 Å². The zero-order valence-electron chi connectivity index (χ0n) is 13.0. The molecule has 0 atom stereocenters. The fourth-order valence-corrected chi connectivity index (χ4v) is 3.83. The van der Waals surface area contributed by atoms with Gasteiger partial charge in [-0.1, -0.05) is 18.2 Å². The Labute approximate surface area is 147 Å². The van der Waals surface area contributed by atoms with Crippen LogP contribution in [0.15, 0.2) is 66.3 Å². The van der Waals surface area contributed by atoms with Crippen molar-refractivity contribution in [1.82, 2.24) is 4.57 Å². The Morgan fingerprint density at radius 2 is 1.80 bits per heavy atom. The van der Waals surface area contributed by atoms with Gasteiger partial charge in [-0.15, -0.1) is 11.3 Å². The minimum atomic E-state index is -0.956. The zero-order chi connectivity index (χ0) is 17.4. The molecule has 4 nitrogen and oxygen atoms in total. The predicted molar refractivity (Wildman–Crippen MR) is 98.3 cm³/mol. The van der Waals surface area contributed by atoms with Gasteiger partial charge in [0, 0.05) is 39.3 Å². The first kappa shape index (κ1) is 15.2. The van der Waals surface area contributed by atoms with Gasteiger partial charge in [0.1, 0.15) is 6.07 Å². The van der Waals surface area contributed by atoms with Crippen molar-refractivity contribution in [3.8, 4) is 22.9 Å². The van der Waals surface area contributed by atoms with Crippen LogP contribution in [0.5, 0.6) is 0 Å². The molecule has 0 unspecified atom stereocenters. The topological polar surface area (TPSA) is 66.0 Å². The Hall–Kier alpha value is -3.36. The minimum absolute atomic E-state index is 0.237. The number of carboxylic acid groups (broad SMARTS) is 1. The first-order valence-corrected chi connectivity index (χ1v) is 8.48. The van der Waals surface area contributed by atoms with Crippen molar-refractivity contribution >= 4 is 27.4 Å². The molecule has 2 heterocycles. The fourth-order valence-electron chi connectivity index (χ4n) is 2.87. The molecular formula is C20H12N2O2S. The average molecular weight is 344 g/mol. The Balaban J connectivity index is 1.83. The molecular weight excluding hydrogens is 332 g/mol. The van der Waals surface area contributed by atoms with Gasteiger partial charge in [0.25, 0.3) is 0 Å². The lowest BCUT2D eigenvalue weighted by molar-refractivity contribution is 0.0697. The van der Waals surface area contributed by atoms with Crippen LogP contribution in [0, 0.1) is 11.3 Å². The molecule has 0 amide bonds. The number of rotatable bonds is 3. The summed E-state index contributed by atoms with van der Waals surface area (Å²) in [4.78, 5) is 11.0. The number of benzene rings is 2. The molecule has 0 radical (unpaired) electrons. The number of carboxylic acids is 1. The number of thiophene rings is 1. The van der Waals surface area contributed by atoms with Crippen LogP contribution in [0.3, 0.4) is 0 Å². The maximum Gasteiger partial charge on any atom is 0.335 e. The van der Waals surface area contributed by atoms with Gasteiger partial charge in [-0.2, -0.15) is 5.26 Å². The molecule has 0 bridgehead atoms. The summed E-state index contributed by atoms with van der Waals surface area (Å²) in [7, 11) is 0. The summed E-state index contributed by atoms with van der Waals surface area (Å²) in [5, 5.41) is 21.7. The van der Waals surface area contributed by atoms with Gasteiger partial charge < -0.3 is 9.67 Å². The van der Waals surface area contributed by atoms with Crippen LogP contribution in [-0.2, 0) is 0 Å². The molecule has 0 aliphatic rings. The van der Waals surface area contributed by atoms with Crippen LogP contribution in [0.2, 0.25) is 0 Å². The van der Waals surface area contributed by atoms with Gasteiger partial charge in [0.2, 0.25) is 0 Å². The van der Waals surface area contributed by atoms with E-state index in [4.69, 9.17) is 5.11 Å². The first-order valence-electron chi connectivity index (χ1n) is 7.60. The van der Waals surface area contributed by atoms with Crippen molar-refractivity contribution in [3.63, 3.8) is 0 Å². The number of hydrogen-bond acceptors (Lipinski definition) is 3. The molecule has 25 heavy (non-hydrogen) atoms. The van der Waals surface area contributed by atoms with Crippen molar-refractivity contribution in [3.05, 3.63) is 77.4 Å². The van der Waals surface area contributed by atoms with E-state index in [-0.39, 0.29) is 5.56 Å². The lowest BCUT2D eigenvalue weighted by Gasteiger charge is -2.03. The van der Waals surface area contributed by atoms with Crippen molar-refractivity contribution in [2.45, 2.75) is 0 Å². The molecule has 5 heteroatoms. The third kappa shape index (κ3) is 2.59. The van der Waals surface area contributed by atoms with Gasteiger partial charge in [-0.3, -0.25) is 0 Å².